The van der Waals surface area contributed by atoms with Gasteiger partial charge in [-0.1, -0.05) is 201 Å². The number of nitriles is 2. The number of nitrogens with one attached hydrogen (secondary N) is 1. The second kappa shape index (κ2) is 20.5. The molecule has 0 saturated heterocycles. The maximum atomic E-state index is 9.57. The third kappa shape index (κ3) is 9.85. The minimum absolute atomic E-state index is 0.0286. The van der Waals surface area contributed by atoms with Crippen molar-refractivity contribution in [2.75, 3.05) is 10.2 Å². The van der Waals surface area contributed by atoms with Crippen molar-refractivity contribution in [2.45, 2.75) is 38.5 Å². The van der Waals surface area contributed by atoms with Gasteiger partial charge < -0.3 is 10.2 Å². The first kappa shape index (κ1) is 47.9. The molecule has 0 amide bonds. The fourth-order valence-corrected chi connectivity index (χ4v) is 10.7. The summed E-state index contributed by atoms with van der Waals surface area (Å²) in [5.74, 6) is 0. The molecule has 73 heavy (non-hydrogen) atoms. The van der Waals surface area contributed by atoms with Gasteiger partial charge in [-0.05, 0) is 152 Å². The molecule has 1 N–H and O–H groups in total. The third-order valence-electron chi connectivity index (χ3n) is 14.1. The van der Waals surface area contributed by atoms with E-state index in [4.69, 9.17) is 5.26 Å². The number of rotatable bonds is 7. The Bertz CT molecular complexity index is 3680. The van der Waals surface area contributed by atoms with E-state index in [0.29, 0.717) is 11.1 Å². The number of hydrogen-bond donors (Lipinski definition) is 1. The lowest BCUT2D eigenvalue weighted by atomic mass is 9.82. The molecule has 5 heteroatoms. The molecule has 0 aliphatic heterocycles. The highest BCUT2D eigenvalue weighted by atomic mass is 79.9. The van der Waals surface area contributed by atoms with Crippen LogP contribution in [0.25, 0.3) is 44.5 Å². The molecule has 0 saturated carbocycles. The Labute approximate surface area is 438 Å². The predicted molar refractivity (Wildman–Crippen MR) is 307 cm³/mol. The van der Waals surface area contributed by atoms with Gasteiger partial charge in [-0.25, -0.2) is 0 Å². The molecule has 2 aliphatic carbocycles. The second-order valence-corrected chi connectivity index (χ2v) is 20.3. The quantitative estimate of drug-likeness (QED) is 0.173. The zero-order valence-electron chi connectivity index (χ0n) is 41.3. The Balaban J connectivity index is 0.000000146. The summed E-state index contributed by atoms with van der Waals surface area (Å²) < 4.78 is 0.946. The summed E-state index contributed by atoms with van der Waals surface area (Å²) in [6.45, 7) is 9.24. The zero-order chi connectivity index (χ0) is 50.5. The van der Waals surface area contributed by atoms with Crippen molar-refractivity contribution in [3.8, 4) is 56.6 Å². The second-order valence-electron chi connectivity index (χ2n) is 19.4. The van der Waals surface area contributed by atoms with Crippen LogP contribution in [0.1, 0.15) is 61.1 Å². The van der Waals surface area contributed by atoms with Gasteiger partial charge in [0.15, 0.2) is 0 Å². The number of halogens is 1. The summed E-state index contributed by atoms with van der Waals surface area (Å²) >= 11 is 3.25. The Morgan fingerprint density at radius 2 is 0.781 bits per heavy atom. The molecule has 10 aromatic rings. The highest BCUT2D eigenvalue weighted by Crippen LogP contribution is 2.51. The molecule has 0 spiro atoms. The van der Waals surface area contributed by atoms with Crippen LogP contribution in [0.4, 0.5) is 28.4 Å². The minimum atomic E-state index is -0.0841. The lowest BCUT2D eigenvalue weighted by molar-refractivity contribution is 0.660. The standard InChI is InChI=1S/C34H26N2.C27H23N.C7H4BrN/c1-34(2)32-14-7-6-13-30(32)31-20-19-29(22-33(31)34)36(28-12-8-9-24(21-28)23-35)27-17-15-26(16-18-27)25-10-4-3-5-11-25;1-27(2)25-11-7-6-10-23(25)24-17-16-22(18-26(24)27)28-21-14-12-20(13-15-21)19-8-4-3-5-9-19;8-7-3-1-2-6(4-7)5-9/h3-22H,1-2H3;3-18,28H,1-2H3;1-4H. The van der Waals surface area contributed by atoms with Gasteiger partial charge >= 0.3 is 0 Å². The lowest BCUT2D eigenvalue weighted by Crippen LogP contribution is -2.16. The molecule has 0 atom stereocenters. The van der Waals surface area contributed by atoms with E-state index in [1.807, 2.05) is 48.5 Å². The first-order valence-electron chi connectivity index (χ1n) is 24.5. The third-order valence-corrected chi connectivity index (χ3v) is 14.6. The van der Waals surface area contributed by atoms with E-state index in [1.54, 1.807) is 12.1 Å². The predicted octanol–water partition coefficient (Wildman–Crippen LogP) is 18.7. The Morgan fingerprint density at radius 1 is 0.356 bits per heavy atom. The average Bonchev–Trinajstić information content (AvgIpc) is 3.81. The number of fused-ring (bicyclic) bond motifs is 6. The fourth-order valence-electron chi connectivity index (χ4n) is 10.3. The summed E-state index contributed by atoms with van der Waals surface area (Å²) in [6.07, 6.45) is 0. The van der Waals surface area contributed by atoms with Gasteiger partial charge in [-0.15, -0.1) is 0 Å². The summed E-state index contributed by atoms with van der Waals surface area (Å²) in [5.41, 5.74) is 22.3. The Hall–Kier alpha value is -8.74. The smallest absolute Gasteiger partial charge is 0.0992 e. The van der Waals surface area contributed by atoms with Crippen LogP contribution in [0.3, 0.4) is 0 Å². The van der Waals surface area contributed by atoms with Crippen molar-refractivity contribution < 1.29 is 0 Å². The van der Waals surface area contributed by atoms with Gasteiger partial charge in [0.2, 0.25) is 0 Å². The summed E-state index contributed by atoms with van der Waals surface area (Å²) in [6, 6.07) is 88.6. The molecule has 0 aromatic heterocycles. The first-order valence-corrected chi connectivity index (χ1v) is 25.3. The van der Waals surface area contributed by atoms with Gasteiger partial charge in [0, 0.05) is 43.7 Å². The molecule has 352 valence electrons. The van der Waals surface area contributed by atoms with Crippen molar-refractivity contribution >= 4 is 44.4 Å². The van der Waals surface area contributed by atoms with E-state index in [-0.39, 0.29) is 10.8 Å². The Kier molecular flexibility index (Phi) is 13.5. The SMILES string of the molecule is CC1(C)c2ccccc2-c2ccc(N(c3ccc(-c4ccccc4)cc3)c3cccc(C#N)c3)cc21.CC1(C)c2ccccc2-c2ccc(Nc3ccc(-c4ccccc4)cc3)cc21.N#Cc1cccc(Br)c1. The number of hydrogen-bond acceptors (Lipinski definition) is 4. The van der Waals surface area contributed by atoms with Crippen LogP contribution in [-0.4, -0.2) is 0 Å². The molecule has 0 radical (unpaired) electrons. The monoisotopic (exact) mass is 1000 g/mol. The van der Waals surface area contributed by atoms with Crippen molar-refractivity contribution in [3.63, 3.8) is 0 Å². The summed E-state index contributed by atoms with van der Waals surface area (Å²) in [7, 11) is 0. The van der Waals surface area contributed by atoms with E-state index in [0.717, 1.165) is 32.9 Å². The van der Waals surface area contributed by atoms with Crippen LogP contribution in [0, 0.1) is 22.7 Å². The molecule has 0 unspecified atom stereocenters. The highest BCUT2D eigenvalue weighted by molar-refractivity contribution is 9.10. The van der Waals surface area contributed by atoms with Crippen LogP contribution in [0.2, 0.25) is 0 Å². The fraction of sp³-hybridized carbons (Fsp3) is 0.0882. The van der Waals surface area contributed by atoms with Gasteiger partial charge in [0.1, 0.15) is 0 Å². The van der Waals surface area contributed by atoms with E-state index in [1.165, 1.54) is 66.8 Å². The van der Waals surface area contributed by atoms with Crippen molar-refractivity contribution in [1.29, 1.82) is 10.5 Å². The van der Waals surface area contributed by atoms with E-state index in [2.05, 4.69) is 248 Å². The van der Waals surface area contributed by atoms with Crippen molar-refractivity contribution in [1.82, 2.24) is 0 Å². The molecule has 12 rings (SSSR count). The molecule has 0 fully saturated rings. The van der Waals surface area contributed by atoms with E-state index >= 15 is 0 Å². The number of benzene rings is 10. The maximum absolute atomic E-state index is 9.57. The minimum Gasteiger partial charge on any atom is -0.356 e. The largest absolute Gasteiger partial charge is 0.356 e. The van der Waals surface area contributed by atoms with Crippen molar-refractivity contribution in [2.24, 2.45) is 0 Å². The summed E-state index contributed by atoms with van der Waals surface area (Å²) in [4.78, 5) is 2.24. The van der Waals surface area contributed by atoms with Crippen LogP contribution in [-0.2, 0) is 10.8 Å². The number of nitrogens with zero attached hydrogens (tertiary/aromatic N) is 3. The van der Waals surface area contributed by atoms with Gasteiger partial charge in [-0.2, -0.15) is 10.5 Å². The van der Waals surface area contributed by atoms with Gasteiger partial charge in [-0.3, -0.25) is 0 Å². The molecule has 4 nitrogen and oxygen atoms in total. The first-order chi connectivity index (χ1) is 35.5. The Morgan fingerprint density at radius 3 is 1.33 bits per heavy atom. The molecule has 2 aliphatic rings. The topological polar surface area (TPSA) is 62.9 Å². The average molecular weight is 1010 g/mol. The van der Waals surface area contributed by atoms with Crippen LogP contribution < -0.4 is 10.2 Å². The van der Waals surface area contributed by atoms with Crippen LogP contribution in [0.5, 0.6) is 0 Å². The van der Waals surface area contributed by atoms with E-state index in [9.17, 15) is 5.26 Å². The molecular weight excluding hydrogens is 953 g/mol. The van der Waals surface area contributed by atoms with Crippen molar-refractivity contribution in [3.05, 3.63) is 281 Å². The molecule has 10 aromatic carbocycles. The highest BCUT2D eigenvalue weighted by Gasteiger charge is 2.36. The molecule has 0 bridgehead atoms. The normalized spacial score (nSPS) is 12.6. The molecular formula is C68H53BrN4. The zero-order valence-corrected chi connectivity index (χ0v) is 42.9. The number of anilines is 5. The maximum Gasteiger partial charge on any atom is 0.0992 e. The van der Waals surface area contributed by atoms with Crippen LogP contribution in [0.15, 0.2) is 247 Å². The van der Waals surface area contributed by atoms with E-state index < -0.39 is 0 Å². The van der Waals surface area contributed by atoms with Gasteiger partial charge in [0.25, 0.3) is 0 Å². The van der Waals surface area contributed by atoms with Crippen LogP contribution >= 0.6 is 15.9 Å². The molecule has 0 heterocycles. The lowest BCUT2D eigenvalue weighted by Gasteiger charge is -2.28. The summed E-state index contributed by atoms with van der Waals surface area (Å²) in [5, 5.41) is 21.5. The van der Waals surface area contributed by atoms with Gasteiger partial charge in [0.05, 0.1) is 23.3 Å².